The van der Waals surface area contributed by atoms with Crippen LogP contribution >= 0.6 is 0 Å². The Labute approximate surface area is 229 Å². The highest BCUT2D eigenvalue weighted by molar-refractivity contribution is 7.92. The maximum atomic E-state index is 13.8. The molecule has 3 aromatic carbocycles. The lowest BCUT2D eigenvalue weighted by atomic mass is 10.1. The molecule has 2 amide bonds. The molecule has 10 nitrogen and oxygen atoms in total. The SMILES string of the molecule is CNC(=O)C(C)N(Cc1ccc(OC)cc1)C(=O)CN(c1ccc(OC)c(OC)c1)S(=O)(=O)c1ccccc1. The number of rotatable bonds is 12. The number of amides is 2. The smallest absolute Gasteiger partial charge is 0.264 e. The number of carbonyl (C=O) groups is 2. The fraction of sp³-hybridized carbons (Fsp3) is 0.286. The summed E-state index contributed by atoms with van der Waals surface area (Å²) in [7, 11) is 1.74. The lowest BCUT2D eigenvalue weighted by Crippen LogP contribution is -2.50. The van der Waals surface area contributed by atoms with E-state index in [0.29, 0.717) is 17.2 Å². The number of nitrogens with zero attached hydrogens (tertiary/aromatic N) is 2. The summed E-state index contributed by atoms with van der Waals surface area (Å²) < 4.78 is 44.5. The van der Waals surface area contributed by atoms with E-state index in [1.54, 1.807) is 62.6 Å². The molecule has 208 valence electrons. The van der Waals surface area contributed by atoms with Crippen molar-refractivity contribution in [3.8, 4) is 17.2 Å². The lowest BCUT2D eigenvalue weighted by molar-refractivity contribution is -0.139. The van der Waals surface area contributed by atoms with Crippen LogP contribution in [0.1, 0.15) is 12.5 Å². The van der Waals surface area contributed by atoms with E-state index in [4.69, 9.17) is 14.2 Å². The van der Waals surface area contributed by atoms with Crippen LogP contribution in [0.4, 0.5) is 5.69 Å². The number of methoxy groups -OCH3 is 3. The van der Waals surface area contributed by atoms with E-state index in [1.807, 2.05) is 0 Å². The quantitative estimate of drug-likeness (QED) is 0.365. The predicted octanol–water partition coefficient (Wildman–Crippen LogP) is 3.07. The van der Waals surface area contributed by atoms with Gasteiger partial charge in [-0.05, 0) is 48.9 Å². The first-order valence-corrected chi connectivity index (χ1v) is 13.5. The first kappa shape index (κ1) is 29.3. The van der Waals surface area contributed by atoms with Gasteiger partial charge in [0, 0.05) is 19.7 Å². The van der Waals surface area contributed by atoms with Crippen LogP contribution in [0.25, 0.3) is 0 Å². The van der Waals surface area contributed by atoms with Crippen LogP contribution in [0.3, 0.4) is 0 Å². The Morgan fingerprint density at radius 1 is 0.872 bits per heavy atom. The van der Waals surface area contributed by atoms with Gasteiger partial charge in [-0.15, -0.1) is 0 Å². The molecule has 0 radical (unpaired) electrons. The molecule has 0 saturated heterocycles. The van der Waals surface area contributed by atoms with Crippen molar-refractivity contribution in [3.63, 3.8) is 0 Å². The molecular formula is C28H33N3O7S. The molecule has 0 aromatic heterocycles. The molecule has 0 bridgehead atoms. The topological polar surface area (TPSA) is 114 Å². The number of hydrogen-bond donors (Lipinski definition) is 1. The molecule has 0 spiro atoms. The predicted molar refractivity (Wildman–Crippen MR) is 148 cm³/mol. The standard InChI is InChI=1S/C28H33N3O7S/c1-20(28(33)29-2)30(18-21-11-14-23(36-3)15-12-21)27(32)19-31(39(34,35)24-9-7-6-8-10-24)22-13-16-25(37-4)26(17-22)38-5/h6-17,20H,18-19H2,1-5H3,(H,29,33). The third-order valence-electron chi connectivity index (χ3n) is 6.19. The maximum absolute atomic E-state index is 13.8. The molecule has 39 heavy (non-hydrogen) atoms. The summed E-state index contributed by atoms with van der Waals surface area (Å²) in [6, 6.07) is 18.6. The number of sulfonamides is 1. The highest BCUT2D eigenvalue weighted by Gasteiger charge is 2.32. The third-order valence-corrected chi connectivity index (χ3v) is 7.98. The number of carbonyl (C=O) groups excluding carboxylic acids is 2. The van der Waals surface area contributed by atoms with E-state index in [9.17, 15) is 18.0 Å². The monoisotopic (exact) mass is 555 g/mol. The van der Waals surface area contributed by atoms with Gasteiger partial charge < -0.3 is 24.4 Å². The van der Waals surface area contributed by atoms with Gasteiger partial charge in [0.2, 0.25) is 11.8 Å². The molecule has 0 aliphatic rings. The summed E-state index contributed by atoms with van der Waals surface area (Å²) in [5.74, 6) is 0.379. The highest BCUT2D eigenvalue weighted by atomic mass is 32.2. The van der Waals surface area contributed by atoms with Crippen LogP contribution < -0.4 is 23.8 Å². The summed E-state index contributed by atoms with van der Waals surface area (Å²) in [6.45, 7) is 1.10. The third kappa shape index (κ3) is 6.80. The van der Waals surface area contributed by atoms with Gasteiger partial charge in [-0.25, -0.2) is 8.42 Å². The lowest BCUT2D eigenvalue weighted by Gasteiger charge is -2.32. The van der Waals surface area contributed by atoms with E-state index in [0.717, 1.165) is 9.87 Å². The van der Waals surface area contributed by atoms with Crippen LogP contribution in [0.15, 0.2) is 77.7 Å². The van der Waals surface area contributed by atoms with Gasteiger partial charge in [-0.2, -0.15) is 0 Å². The zero-order chi connectivity index (χ0) is 28.6. The number of ether oxygens (including phenoxy) is 3. The average Bonchev–Trinajstić information content (AvgIpc) is 2.97. The Kier molecular flexibility index (Phi) is 9.78. The van der Waals surface area contributed by atoms with Crippen LogP contribution in [0, 0.1) is 0 Å². The Bertz CT molecular complexity index is 1380. The van der Waals surface area contributed by atoms with Crippen LogP contribution in [0.2, 0.25) is 0 Å². The molecule has 0 aliphatic carbocycles. The molecule has 1 unspecified atom stereocenters. The van der Waals surface area contributed by atoms with E-state index in [1.165, 1.54) is 50.4 Å². The average molecular weight is 556 g/mol. The van der Waals surface area contributed by atoms with Gasteiger partial charge in [0.05, 0.1) is 31.9 Å². The maximum Gasteiger partial charge on any atom is 0.264 e. The number of nitrogens with one attached hydrogen (secondary N) is 1. The second-order valence-corrected chi connectivity index (χ2v) is 10.4. The zero-order valence-corrected chi connectivity index (χ0v) is 23.4. The molecule has 0 fully saturated rings. The van der Waals surface area contributed by atoms with E-state index in [-0.39, 0.29) is 23.0 Å². The highest BCUT2D eigenvalue weighted by Crippen LogP contribution is 2.34. The molecule has 0 heterocycles. The minimum absolute atomic E-state index is 0.00800. The molecule has 0 aliphatic heterocycles. The van der Waals surface area contributed by atoms with Crippen molar-refractivity contribution in [1.29, 1.82) is 0 Å². The zero-order valence-electron chi connectivity index (χ0n) is 22.6. The fourth-order valence-corrected chi connectivity index (χ4v) is 5.37. The van der Waals surface area contributed by atoms with Crippen LogP contribution in [-0.4, -0.2) is 66.1 Å². The van der Waals surface area contributed by atoms with Crippen molar-refractivity contribution in [2.24, 2.45) is 0 Å². The van der Waals surface area contributed by atoms with E-state index in [2.05, 4.69) is 5.32 Å². The molecule has 1 atom stereocenters. The first-order chi connectivity index (χ1) is 18.7. The molecular weight excluding hydrogens is 522 g/mol. The Morgan fingerprint density at radius 2 is 1.51 bits per heavy atom. The van der Waals surface area contributed by atoms with Crippen molar-refractivity contribution in [2.45, 2.75) is 24.4 Å². The molecule has 1 N–H and O–H groups in total. The second kappa shape index (κ2) is 13.0. The van der Waals surface area contributed by atoms with Crippen molar-refractivity contribution in [1.82, 2.24) is 10.2 Å². The van der Waals surface area contributed by atoms with Crippen molar-refractivity contribution < 1.29 is 32.2 Å². The summed E-state index contributed by atoms with van der Waals surface area (Å²) in [5, 5.41) is 2.56. The first-order valence-electron chi connectivity index (χ1n) is 12.1. The van der Waals surface area contributed by atoms with Gasteiger partial charge in [-0.1, -0.05) is 30.3 Å². The Hall–Kier alpha value is -4.25. The van der Waals surface area contributed by atoms with Gasteiger partial charge in [0.15, 0.2) is 11.5 Å². The van der Waals surface area contributed by atoms with Gasteiger partial charge in [0.1, 0.15) is 18.3 Å². The van der Waals surface area contributed by atoms with Crippen LogP contribution in [0.5, 0.6) is 17.2 Å². The fourth-order valence-electron chi connectivity index (χ4n) is 3.95. The number of anilines is 1. The normalized spacial score (nSPS) is 11.7. The number of hydrogen-bond acceptors (Lipinski definition) is 7. The molecule has 11 heteroatoms. The summed E-state index contributed by atoms with van der Waals surface area (Å²) in [5.41, 5.74) is 0.935. The van der Waals surface area contributed by atoms with Crippen molar-refractivity contribution in [3.05, 3.63) is 78.4 Å². The summed E-state index contributed by atoms with van der Waals surface area (Å²) in [4.78, 5) is 27.8. The van der Waals surface area contributed by atoms with Gasteiger partial charge in [-0.3, -0.25) is 13.9 Å². The minimum atomic E-state index is -4.19. The summed E-state index contributed by atoms with van der Waals surface area (Å²) in [6.07, 6.45) is 0. The van der Waals surface area contributed by atoms with Crippen molar-refractivity contribution >= 4 is 27.5 Å². The number of likely N-dealkylation sites (N-methyl/N-ethyl adjacent to an activating group) is 1. The Balaban J connectivity index is 2.06. The molecule has 0 saturated carbocycles. The minimum Gasteiger partial charge on any atom is -0.497 e. The van der Waals surface area contributed by atoms with E-state index >= 15 is 0 Å². The van der Waals surface area contributed by atoms with Crippen molar-refractivity contribution in [2.75, 3.05) is 39.2 Å². The van der Waals surface area contributed by atoms with Gasteiger partial charge >= 0.3 is 0 Å². The van der Waals surface area contributed by atoms with Crippen LogP contribution in [-0.2, 0) is 26.2 Å². The number of benzene rings is 3. The largest absolute Gasteiger partial charge is 0.497 e. The van der Waals surface area contributed by atoms with Gasteiger partial charge in [0.25, 0.3) is 10.0 Å². The van der Waals surface area contributed by atoms with E-state index < -0.39 is 28.5 Å². The Morgan fingerprint density at radius 3 is 2.08 bits per heavy atom. The second-order valence-electron chi connectivity index (χ2n) is 8.52. The molecule has 3 rings (SSSR count). The summed E-state index contributed by atoms with van der Waals surface area (Å²) >= 11 is 0. The molecule has 3 aromatic rings.